The highest BCUT2D eigenvalue weighted by atomic mass is 35.5. The largest absolute Gasteiger partial charge is 0.462 e. The van der Waals surface area contributed by atoms with E-state index in [0.29, 0.717) is 40.4 Å². The second kappa shape index (κ2) is 9.97. The molecule has 8 heteroatoms. The maximum atomic E-state index is 13.0. The van der Waals surface area contributed by atoms with Gasteiger partial charge in [0.15, 0.2) is 0 Å². The minimum Gasteiger partial charge on any atom is -0.462 e. The van der Waals surface area contributed by atoms with Crippen LogP contribution in [0.5, 0.6) is 0 Å². The summed E-state index contributed by atoms with van der Waals surface area (Å²) in [6.07, 6.45) is 1.91. The molecule has 0 aliphatic carbocycles. The number of carbonyl (C=O) groups is 2. The fourth-order valence-corrected chi connectivity index (χ4v) is 3.67. The molecule has 2 aromatic carbocycles. The van der Waals surface area contributed by atoms with Crippen molar-refractivity contribution in [2.75, 3.05) is 19.8 Å². The van der Waals surface area contributed by atoms with Crippen LogP contribution >= 0.6 is 11.6 Å². The van der Waals surface area contributed by atoms with Crippen LogP contribution in [0.25, 0.3) is 11.0 Å². The van der Waals surface area contributed by atoms with Gasteiger partial charge in [-0.2, -0.15) is 0 Å². The highest BCUT2D eigenvalue weighted by Gasteiger charge is 2.19. The Hall–Kier alpha value is -3.16. The molecule has 1 aromatic heterocycles. The van der Waals surface area contributed by atoms with Gasteiger partial charge in [-0.25, -0.2) is 9.79 Å². The van der Waals surface area contributed by atoms with Crippen molar-refractivity contribution in [3.63, 3.8) is 0 Å². The van der Waals surface area contributed by atoms with Crippen LogP contribution in [-0.4, -0.2) is 37.7 Å². The number of amides is 1. The second-order valence-corrected chi connectivity index (χ2v) is 7.81. The van der Waals surface area contributed by atoms with Crippen LogP contribution in [0.4, 0.5) is 5.69 Å². The maximum absolute atomic E-state index is 13.0. The van der Waals surface area contributed by atoms with Crippen LogP contribution in [0, 0.1) is 0 Å². The molecule has 7 nitrogen and oxygen atoms in total. The Morgan fingerprint density at radius 3 is 2.88 bits per heavy atom. The number of carbonyl (C=O) groups excluding carboxylic acids is 2. The minimum absolute atomic E-state index is 0.00689. The number of benzene rings is 2. The van der Waals surface area contributed by atoms with E-state index in [0.717, 1.165) is 12.8 Å². The van der Waals surface area contributed by atoms with Gasteiger partial charge >= 0.3 is 5.97 Å². The summed E-state index contributed by atoms with van der Waals surface area (Å²) in [6.45, 7) is 3.14. The van der Waals surface area contributed by atoms with Gasteiger partial charge < -0.3 is 19.2 Å². The number of ether oxygens (including phenoxy) is 2. The lowest BCUT2D eigenvalue weighted by Crippen LogP contribution is -2.34. The molecule has 1 atom stereocenters. The Morgan fingerprint density at radius 2 is 2.09 bits per heavy atom. The normalized spacial score (nSPS) is 16.3. The van der Waals surface area contributed by atoms with Gasteiger partial charge in [-0.1, -0.05) is 17.7 Å². The fourth-order valence-electron chi connectivity index (χ4n) is 3.49. The predicted molar refractivity (Wildman–Crippen MR) is 120 cm³/mol. The summed E-state index contributed by atoms with van der Waals surface area (Å²) in [4.78, 5) is 29.6. The quantitative estimate of drug-likeness (QED) is 0.557. The minimum atomic E-state index is -0.441. The van der Waals surface area contributed by atoms with E-state index in [-0.39, 0.29) is 29.7 Å². The van der Waals surface area contributed by atoms with Crippen LogP contribution in [0.2, 0.25) is 5.02 Å². The van der Waals surface area contributed by atoms with Gasteiger partial charge in [0.05, 0.1) is 24.0 Å². The lowest BCUT2D eigenvalue weighted by molar-refractivity contribution is 0.0526. The van der Waals surface area contributed by atoms with Gasteiger partial charge in [-0.15, -0.1) is 0 Å². The van der Waals surface area contributed by atoms with Crippen LogP contribution < -0.4 is 10.9 Å². The molecule has 2 heterocycles. The molecule has 0 unspecified atom stereocenters. The van der Waals surface area contributed by atoms with E-state index in [2.05, 4.69) is 10.3 Å². The molecule has 0 spiro atoms. The monoisotopic (exact) mass is 454 g/mol. The Balaban J connectivity index is 1.74. The number of esters is 1. The molecule has 0 radical (unpaired) electrons. The predicted octanol–water partition coefficient (Wildman–Crippen LogP) is 4.40. The van der Waals surface area contributed by atoms with Gasteiger partial charge in [0.2, 0.25) is 5.55 Å². The Labute approximate surface area is 190 Å². The molecule has 1 amide bonds. The standard InChI is InChI=1S/C24H23ClN2O5/c1-2-30-24(29)15-5-3-6-18(12-15)27-23-20(22(28)26-14-19-7-4-10-31-19)13-16-11-17(25)8-9-21(16)32-23/h3,5-6,8-9,11-13,19H,2,4,7,10,14H2,1H3,(H,26,28)/t19-/m1/s1. The van der Waals surface area contributed by atoms with E-state index in [4.69, 9.17) is 25.5 Å². The van der Waals surface area contributed by atoms with E-state index in [1.54, 1.807) is 55.5 Å². The molecule has 32 heavy (non-hydrogen) atoms. The van der Waals surface area contributed by atoms with Gasteiger partial charge in [-0.3, -0.25) is 4.79 Å². The first-order valence-corrected chi connectivity index (χ1v) is 10.9. The Kier molecular flexibility index (Phi) is 6.87. The highest BCUT2D eigenvalue weighted by molar-refractivity contribution is 6.31. The summed E-state index contributed by atoms with van der Waals surface area (Å²) in [7, 11) is 0. The lowest BCUT2D eigenvalue weighted by atomic mass is 10.1. The van der Waals surface area contributed by atoms with Gasteiger partial charge in [-0.05, 0) is 62.2 Å². The second-order valence-electron chi connectivity index (χ2n) is 7.38. The zero-order valence-electron chi connectivity index (χ0n) is 17.6. The van der Waals surface area contributed by atoms with Crippen LogP contribution in [0.1, 0.15) is 40.5 Å². The molecule has 166 valence electrons. The molecule has 1 N–H and O–H groups in total. The molecule has 3 aromatic rings. The zero-order chi connectivity index (χ0) is 22.5. The number of rotatable bonds is 6. The smallest absolute Gasteiger partial charge is 0.338 e. The van der Waals surface area contributed by atoms with E-state index in [1.165, 1.54) is 0 Å². The van der Waals surface area contributed by atoms with Crippen molar-refractivity contribution in [3.8, 4) is 0 Å². The molecular weight excluding hydrogens is 432 g/mol. The average molecular weight is 455 g/mol. The van der Waals surface area contributed by atoms with E-state index < -0.39 is 5.97 Å². The number of fused-ring (bicyclic) bond motifs is 1. The van der Waals surface area contributed by atoms with Crippen LogP contribution in [0.3, 0.4) is 0 Å². The third-order valence-corrected chi connectivity index (χ3v) is 5.29. The van der Waals surface area contributed by atoms with Crippen molar-refractivity contribution >= 4 is 40.1 Å². The van der Waals surface area contributed by atoms with Crippen molar-refractivity contribution in [1.29, 1.82) is 0 Å². The number of halogens is 1. The first kappa shape index (κ1) is 22.0. The van der Waals surface area contributed by atoms with E-state index in [1.807, 2.05) is 0 Å². The fraction of sp³-hybridized carbons (Fsp3) is 0.292. The topological polar surface area (TPSA) is 90.1 Å². The molecule has 0 saturated carbocycles. The highest BCUT2D eigenvalue weighted by Crippen LogP contribution is 2.20. The SMILES string of the molecule is CCOC(=O)c1cccc(N=c2oc3ccc(Cl)cc3cc2C(=O)NC[C@H]2CCCO2)c1. The first-order chi connectivity index (χ1) is 15.5. The molecular formula is C24H23ClN2O5. The summed E-state index contributed by atoms with van der Waals surface area (Å²) >= 11 is 6.11. The molecule has 4 rings (SSSR count). The number of hydrogen-bond donors (Lipinski definition) is 1. The van der Waals surface area contributed by atoms with Crippen molar-refractivity contribution in [2.45, 2.75) is 25.9 Å². The number of hydrogen-bond acceptors (Lipinski definition) is 6. The Bertz CT molecular complexity index is 1210. The van der Waals surface area contributed by atoms with Crippen molar-refractivity contribution in [2.24, 2.45) is 4.99 Å². The van der Waals surface area contributed by atoms with Crippen molar-refractivity contribution < 1.29 is 23.5 Å². The van der Waals surface area contributed by atoms with Gasteiger partial charge in [0.1, 0.15) is 11.1 Å². The van der Waals surface area contributed by atoms with Crippen molar-refractivity contribution in [1.82, 2.24) is 5.32 Å². The summed E-state index contributed by atoms with van der Waals surface area (Å²) in [6, 6.07) is 13.5. The summed E-state index contributed by atoms with van der Waals surface area (Å²) < 4.78 is 16.6. The third kappa shape index (κ3) is 5.18. The summed E-state index contributed by atoms with van der Waals surface area (Å²) in [5, 5.41) is 4.11. The molecule has 1 aliphatic rings. The van der Waals surface area contributed by atoms with Crippen LogP contribution in [0.15, 0.2) is 57.9 Å². The molecule has 1 fully saturated rings. The molecule has 0 bridgehead atoms. The maximum Gasteiger partial charge on any atom is 0.338 e. The van der Waals surface area contributed by atoms with Gasteiger partial charge in [0, 0.05) is 23.6 Å². The molecule has 1 saturated heterocycles. The first-order valence-electron chi connectivity index (χ1n) is 10.5. The zero-order valence-corrected chi connectivity index (χ0v) is 18.4. The van der Waals surface area contributed by atoms with Crippen LogP contribution in [-0.2, 0) is 9.47 Å². The summed E-state index contributed by atoms with van der Waals surface area (Å²) in [5.41, 5.74) is 1.75. The van der Waals surface area contributed by atoms with E-state index >= 15 is 0 Å². The van der Waals surface area contributed by atoms with E-state index in [9.17, 15) is 9.59 Å². The molecule has 1 aliphatic heterocycles. The van der Waals surface area contributed by atoms with Gasteiger partial charge in [0.25, 0.3) is 5.91 Å². The number of nitrogens with zero attached hydrogens (tertiary/aromatic N) is 1. The van der Waals surface area contributed by atoms with Crippen molar-refractivity contribution in [3.05, 3.63) is 70.2 Å². The Morgan fingerprint density at radius 1 is 1.22 bits per heavy atom. The summed E-state index contributed by atoms with van der Waals surface area (Å²) in [5.74, 6) is -0.768. The average Bonchev–Trinajstić information content (AvgIpc) is 3.31. The third-order valence-electron chi connectivity index (χ3n) is 5.06. The number of nitrogens with one attached hydrogen (secondary N) is 1. The lowest BCUT2D eigenvalue weighted by Gasteiger charge is -2.11.